The van der Waals surface area contributed by atoms with E-state index in [9.17, 15) is 5.11 Å². The lowest BCUT2D eigenvalue weighted by Crippen LogP contribution is -2.12. The summed E-state index contributed by atoms with van der Waals surface area (Å²) in [4.78, 5) is 0. The lowest BCUT2D eigenvalue weighted by atomic mass is 9.90. The van der Waals surface area contributed by atoms with E-state index in [0.717, 1.165) is 34.6 Å². The molecule has 1 N–H and O–H groups in total. The molecule has 0 radical (unpaired) electrons. The summed E-state index contributed by atoms with van der Waals surface area (Å²) < 4.78 is 5.97. The lowest BCUT2D eigenvalue weighted by Gasteiger charge is -2.27. The first kappa shape index (κ1) is 13.1. The number of rotatable bonds is 2. The lowest BCUT2D eigenvalue weighted by molar-refractivity contribution is 0.202. The van der Waals surface area contributed by atoms with E-state index in [4.69, 9.17) is 4.74 Å². The van der Waals surface area contributed by atoms with Crippen molar-refractivity contribution in [3.63, 3.8) is 0 Å². The quantitative estimate of drug-likeness (QED) is 0.754. The van der Waals surface area contributed by atoms with Crippen LogP contribution in [0.15, 0.2) is 72.8 Å². The van der Waals surface area contributed by atoms with Gasteiger partial charge in [-0.25, -0.2) is 0 Å². The molecule has 1 unspecified atom stereocenters. The average Bonchev–Trinajstić information content (AvgIpc) is 2.56. The molecule has 0 saturated carbocycles. The Labute approximate surface area is 129 Å². The van der Waals surface area contributed by atoms with Crippen molar-refractivity contribution in [3.8, 4) is 11.5 Å². The van der Waals surface area contributed by atoms with Crippen molar-refractivity contribution >= 4 is 0 Å². The van der Waals surface area contributed by atoms with E-state index in [-0.39, 0.29) is 0 Å². The summed E-state index contributed by atoms with van der Waals surface area (Å²) in [6.45, 7) is 0. The standard InChI is InChI=1S/C20H16O2/c21-20-16-10-4-5-11-17(16)22-18-12-6-9-15(19(18)20)13-14-7-2-1-3-8-14/h1-12,20-21H,13H2. The highest BCUT2D eigenvalue weighted by molar-refractivity contribution is 5.55. The first-order chi connectivity index (χ1) is 10.8. The molecule has 1 aliphatic rings. The van der Waals surface area contributed by atoms with Crippen LogP contribution in [0.25, 0.3) is 0 Å². The molecule has 1 atom stereocenters. The third-order valence-electron chi connectivity index (χ3n) is 4.10. The number of aliphatic hydroxyl groups excluding tert-OH is 1. The molecule has 1 aliphatic heterocycles. The van der Waals surface area contributed by atoms with Gasteiger partial charge in [0.2, 0.25) is 0 Å². The fourth-order valence-electron chi connectivity index (χ4n) is 3.03. The molecule has 0 aromatic heterocycles. The average molecular weight is 288 g/mol. The number of hydrogen-bond acceptors (Lipinski definition) is 2. The second-order valence-electron chi connectivity index (χ2n) is 5.53. The van der Waals surface area contributed by atoms with Gasteiger partial charge >= 0.3 is 0 Å². The largest absolute Gasteiger partial charge is 0.457 e. The fraction of sp³-hybridized carbons (Fsp3) is 0.100. The monoisotopic (exact) mass is 288 g/mol. The van der Waals surface area contributed by atoms with Crippen LogP contribution < -0.4 is 4.74 Å². The molecule has 22 heavy (non-hydrogen) atoms. The van der Waals surface area contributed by atoms with Gasteiger partial charge in [-0.3, -0.25) is 0 Å². The third kappa shape index (κ3) is 2.18. The SMILES string of the molecule is OC1c2ccccc2Oc2cccc(Cc3ccccc3)c21. The van der Waals surface area contributed by atoms with Crippen LogP contribution in [-0.2, 0) is 6.42 Å². The summed E-state index contributed by atoms with van der Waals surface area (Å²) in [5, 5.41) is 10.8. The number of benzene rings is 3. The summed E-state index contributed by atoms with van der Waals surface area (Å²) in [5.74, 6) is 1.49. The summed E-state index contributed by atoms with van der Waals surface area (Å²) >= 11 is 0. The number of para-hydroxylation sites is 1. The van der Waals surface area contributed by atoms with Crippen LogP contribution in [0.1, 0.15) is 28.4 Å². The second-order valence-corrected chi connectivity index (χ2v) is 5.53. The summed E-state index contributed by atoms with van der Waals surface area (Å²) in [6.07, 6.45) is 0.145. The van der Waals surface area contributed by atoms with Crippen molar-refractivity contribution in [2.24, 2.45) is 0 Å². The Balaban J connectivity index is 1.79. The van der Waals surface area contributed by atoms with Gasteiger partial charge in [0.15, 0.2) is 0 Å². The second kappa shape index (κ2) is 5.32. The highest BCUT2D eigenvalue weighted by Gasteiger charge is 2.27. The molecule has 4 rings (SSSR count). The van der Waals surface area contributed by atoms with Gasteiger partial charge in [0, 0.05) is 11.1 Å². The van der Waals surface area contributed by atoms with Crippen LogP contribution in [-0.4, -0.2) is 5.11 Å². The minimum Gasteiger partial charge on any atom is -0.457 e. The Hall–Kier alpha value is -2.58. The normalized spacial score (nSPS) is 15.6. The van der Waals surface area contributed by atoms with Gasteiger partial charge in [-0.2, -0.15) is 0 Å². The van der Waals surface area contributed by atoms with Gasteiger partial charge in [-0.05, 0) is 29.7 Å². The molecule has 0 spiro atoms. The maximum Gasteiger partial charge on any atom is 0.133 e. The van der Waals surface area contributed by atoms with Crippen LogP contribution >= 0.6 is 0 Å². The van der Waals surface area contributed by atoms with E-state index in [1.165, 1.54) is 5.56 Å². The molecule has 0 amide bonds. The molecule has 2 nitrogen and oxygen atoms in total. The number of hydrogen-bond donors (Lipinski definition) is 1. The van der Waals surface area contributed by atoms with Crippen LogP contribution in [0.4, 0.5) is 0 Å². The maximum atomic E-state index is 10.8. The predicted octanol–water partition coefficient (Wildman–Crippen LogP) is 4.46. The third-order valence-corrected chi connectivity index (χ3v) is 4.10. The molecule has 0 aliphatic carbocycles. The number of aliphatic hydroxyl groups is 1. The van der Waals surface area contributed by atoms with Gasteiger partial charge in [0.05, 0.1) is 0 Å². The van der Waals surface area contributed by atoms with E-state index in [1.807, 2.05) is 54.6 Å². The molecule has 2 heteroatoms. The van der Waals surface area contributed by atoms with E-state index in [2.05, 4.69) is 18.2 Å². The van der Waals surface area contributed by atoms with Gasteiger partial charge in [-0.15, -0.1) is 0 Å². The molecule has 0 fully saturated rings. The molecule has 3 aromatic carbocycles. The highest BCUT2D eigenvalue weighted by Crippen LogP contribution is 2.44. The molecular formula is C20H16O2. The maximum absolute atomic E-state index is 10.8. The van der Waals surface area contributed by atoms with E-state index >= 15 is 0 Å². The van der Waals surface area contributed by atoms with E-state index in [1.54, 1.807) is 0 Å². The predicted molar refractivity (Wildman–Crippen MR) is 86.3 cm³/mol. The Morgan fingerprint density at radius 3 is 2.36 bits per heavy atom. The van der Waals surface area contributed by atoms with Crippen molar-refractivity contribution < 1.29 is 9.84 Å². The minimum absolute atomic E-state index is 0.639. The minimum atomic E-state index is -0.639. The molecule has 108 valence electrons. The van der Waals surface area contributed by atoms with Crippen LogP contribution in [0.3, 0.4) is 0 Å². The van der Waals surface area contributed by atoms with Crippen molar-refractivity contribution in [1.82, 2.24) is 0 Å². The van der Waals surface area contributed by atoms with Crippen LogP contribution in [0, 0.1) is 0 Å². The van der Waals surface area contributed by atoms with Crippen molar-refractivity contribution in [2.45, 2.75) is 12.5 Å². The number of ether oxygens (including phenoxy) is 1. The Bertz CT molecular complexity index is 809. The van der Waals surface area contributed by atoms with Crippen molar-refractivity contribution in [1.29, 1.82) is 0 Å². The first-order valence-electron chi connectivity index (χ1n) is 7.43. The summed E-state index contributed by atoms with van der Waals surface area (Å²) in [5.41, 5.74) is 4.04. The molecule has 3 aromatic rings. The zero-order valence-corrected chi connectivity index (χ0v) is 12.1. The van der Waals surface area contributed by atoms with Gasteiger partial charge in [0.25, 0.3) is 0 Å². The zero-order valence-electron chi connectivity index (χ0n) is 12.1. The van der Waals surface area contributed by atoms with Gasteiger partial charge < -0.3 is 9.84 Å². The molecule has 1 heterocycles. The van der Waals surface area contributed by atoms with Gasteiger partial charge in [-0.1, -0.05) is 60.7 Å². The zero-order chi connectivity index (χ0) is 14.9. The van der Waals surface area contributed by atoms with E-state index in [0.29, 0.717) is 0 Å². The topological polar surface area (TPSA) is 29.5 Å². The van der Waals surface area contributed by atoms with E-state index < -0.39 is 6.10 Å². The molecule has 0 bridgehead atoms. The molecular weight excluding hydrogens is 272 g/mol. The van der Waals surface area contributed by atoms with Crippen molar-refractivity contribution in [3.05, 3.63) is 95.1 Å². The van der Waals surface area contributed by atoms with Crippen LogP contribution in [0.5, 0.6) is 11.5 Å². The molecule has 0 saturated heterocycles. The van der Waals surface area contributed by atoms with Crippen molar-refractivity contribution in [2.75, 3.05) is 0 Å². The first-order valence-corrected chi connectivity index (χ1v) is 7.43. The smallest absolute Gasteiger partial charge is 0.133 e. The Morgan fingerprint density at radius 1 is 0.773 bits per heavy atom. The fourth-order valence-corrected chi connectivity index (χ4v) is 3.03. The summed E-state index contributed by atoms with van der Waals surface area (Å²) in [6, 6.07) is 23.9. The van der Waals surface area contributed by atoms with Crippen LogP contribution in [0.2, 0.25) is 0 Å². The number of fused-ring (bicyclic) bond motifs is 2. The Morgan fingerprint density at radius 2 is 1.50 bits per heavy atom. The summed E-state index contributed by atoms with van der Waals surface area (Å²) in [7, 11) is 0. The Kier molecular flexibility index (Phi) is 3.17. The highest BCUT2D eigenvalue weighted by atomic mass is 16.5. The van der Waals surface area contributed by atoms with Gasteiger partial charge in [0.1, 0.15) is 17.6 Å².